The number of nitrogens with two attached hydrogens (primary N) is 2. The number of likely N-dealkylation sites (N-methyl/N-ethyl adjacent to an activating group) is 2. The van der Waals surface area contributed by atoms with Crippen LogP contribution in [0.25, 0.3) is 0 Å². The van der Waals surface area contributed by atoms with Gasteiger partial charge in [-0.15, -0.1) is 0 Å². The Balaban J connectivity index is 0.000000138. The van der Waals surface area contributed by atoms with Crippen molar-refractivity contribution in [3.63, 3.8) is 0 Å². The normalized spacial score (nSPS) is 23.0. The predicted molar refractivity (Wildman–Crippen MR) is 199 cm³/mol. The lowest BCUT2D eigenvalue weighted by atomic mass is 9.81. The van der Waals surface area contributed by atoms with Gasteiger partial charge < -0.3 is 26.2 Å². The zero-order chi connectivity index (χ0) is 33.5. The molecule has 2 spiro atoms. The molecule has 5 heterocycles. The molecule has 2 aromatic carbocycles. The first-order valence-corrected chi connectivity index (χ1v) is 18.1. The minimum absolute atomic E-state index is 0.119. The van der Waals surface area contributed by atoms with Gasteiger partial charge in [0, 0.05) is 45.1 Å². The average Bonchev–Trinajstić information content (AvgIpc) is 3.78. The molecule has 2 aromatic heterocycles. The van der Waals surface area contributed by atoms with Crippen LogP contribution in [-0.2, 0) is 17.3 Å². The van der Waals surface area contributed by atoms with Crippen LogP contribution in [0.1, 0.15) is 36.0 Å². The van der Waals surface area contributed by atoms with Crippen LogP contribution in [0.4, 0.5) is 23.4 Å². The highest BCUT2D eigenvalue weighted by Crippen LogP contribution is 2.50. The Kier molecular flexibility index (Phi) is 10.3. The first-order valence-electron chi connectivity index (χ1n) is 15.3. The number of likely N-dealkylation sites (tertiary alicyclic amines) is 2. The van der Waals surface area contributed by atoms with Crippen molar-refractivity contribution < 1.29 is 0 Å². The van der Waals surface area contributed by atoms with Crippen molar-refractivity contribution in [2.75, 3.05) is 63.2 Å². The summed E-state index contributed by atoms with van der Waals surface area (Å²) >= 11 is 24.4. The molecule has 4 aromatic rings. The molecule has 0 amide bonds. The number of aromatic nitrogens is 4. The number of rotatable bonds is 1. The predicted octanol–water partition coefficient (Wildman–Crippen LogP) is 7.53. The molecule has 0 bridgehead atoms. The summed E-state index contributed by atoms with van der Waals surface area (Å²) in [5.74, 6) is 1.06. The average molecular weight is 825 g/mol. The highest BCUT2D eigenvalue weighted by molar-refractivity contribution is 9.10. The van der Waals surface area contributed by atoms with Gasteiger partial charge in [0.25, 0.3) is 0 Å². The molecule has 4 N–H and O–H groups in total. The summed E-state index contributed by atoms with van der Waals surface area (Å²) < 4.78 is 2.27. The van der Waals surface area contributed by atoms with E-state index < -0.39 is 0 Å². The Labute approximate surface area is 307 Å². The first kappa shape index (κ1) is 34.6. The summed E-state index contributed by atoms with van der Waals surface area (Å²) in [6, 6.07) is 13.3. The smallest absolute Gasteiger partial charge is 0.222 e. The van der Waals surface area contributed by atoms with Crippen molar-refractivity contribution in [2.45, 2.75) is 36.5 Å². The van der Waals surface area contributed by atoms with Crippen molar-refractivity contribution in [3.8, 4) is 0 Å². The summed E-state index contributed by atoms with van der Waals surface area (Å²) in [6.45, 7) is 5.51. The van der Waals surface area contributed by atoms with E-state index in [9.17, 15) is 0 Å². The quantitative estimate of drug-likeness (QED) is 0.188. The molecule has 3 aliphatic heterocycles. The zero-order valence-electron chi connectivity index (χ0n) is 26.2. The number of hydrogen-bond donors (Lipinski definition) is 2. The van der Waals surface area contributed by atoms with Gasteiger partial charge in [-0.3, -0.25) is 0 Å². The van der Waals surface area contributed by atoms with Crippen LogP contribution in [0, 0.1) is 0 Å². The van der Waals surface area contributed by atoms with E-state index in [4.69, 9.17) is 46.3 Å². The molecular weight excluding hydrogens is 789 g/mol. The van der Waals surface area contributed by atoms with Crippen LogP contribution in [0.2, 0.25) is 15.2 Å². The first-order chi connectivity index (χ1) is 22.4. The molecule has 9 nitrogen and oxygen atoms in total. The van der Waals surface area contributed by atoms with Crippen LogP contribution < -0.4 is 16.4 Å². The summed E-state index contributed by atoms with van der Waals surface area (Å²) in [5.41, 5.74) is 17.3. The fourth-order valence-corrected chi connectivity index (χ4v) is 8.66. The van der Waals surface area contributed by atoms with Gasteiger partial charge in [-0.25, -0.2) is 9.97 Å². The van der Waals surface area contributed by atoms with Crippen molar-refractivity contribution >= 4 is 90.1 Å². The maximum atomic E-state index is 6.36. The molecule has 14 heteroatoms. The minimum Gasteiger partial charge on any atom is -0.368 e. The fourth-order valence-electron chi connectivity index (χ4n) is 7.49. The standard InChI is InChI=1S/C16H17BrClN5.C13H16BrN.C4H3Cl2N3/c1-22-5-4-16(8-22)9-23(13-6-10(17)2-3-11(13)16)14-12(18)7-20-15(19)21-14;1-15-7-6-13(9-15)5-4-10-8-11(14)2-3-12(10)13;5-2-1-8-4(7)9-3(2)6/h2-3,6-7H,4-5,8-9H2,1H3,(H2,19,20,21);2-3,8H,4-7,9H2,1H3;1H,(H2,7,8,9)/t16-;13-;/m11./s1. The fraction of sp³-hybridized carbons (Fsp3) is 0.394. The number of hydrogen-bond acceptors (Lipinski definition) is 9. The van der Waals surface area contributed by atoms with Crippen molar-refractivity contribution in [1.29, 1.82) is 0 Å². The molecule has 1 aliphatic carbocycles. The molecule has 2 fully saturated rings. The highest BCUT2D eigenvalue weighted by atomic mass is 79.9. The molecule has 2 atom stereocenters. The molecule has 4 aliphatic rings. The van der Waals surface area contributed by atoms with Gasteiger partial charge in [0.15, 0.2) is 11.0 Å². The Hall–Kier alpha value is -2.25. The maximum absolute atomic E-state index is 6.36. The van der Waals surface area contributed by atoms with Crippen LogP contribution in [0.15, 0.2) is 57.7 Å². The third-order valence-corrected chi connectivity index (χ3v) is 11.5. The van der Waals surface area contributed by atoms with Gasteiger partial charge in [0.2, 0.25) is 11.9 Å². The lowest BCUT2D eigenvalue weighted by Gasteiger charge is -2.25. The van der Waals surface area contributed by atoms with Gasteiger partial charge in [-0.05, 0) is 93.8 Å². The van der Waals surface area contributed by atoms with Crippen LogP contribution in [-0.4, -0.2) is 76.6 Å². The van der Waals surface area contributed by atoms with Crippen molar-refractivity contribution in [3.05, 3.63) is 89.6 Å². The van der Waals surface area contributed by atoms with Gasteiger partial charge in [0.1, 0.15) is 5.02 Å². The summed E-state index contributed by atoms with van der Waals surface area (Å²) in [6.07, 6.45) is 8.02. The second-order valence-corrected chi connectivity index (χ2v) is 15.9. The summed E-state index contributed by atoms with van der Waals surface area (Å²) in [7, 11) is 4.41. The van der Waals surface area contributed by atoms with Gasteiger partial charge in [-0.1, -0.05) is 78.8 Å². The monoisotopic (exact) mass is 821 g/mol. The Morgan fingerprint density at radius 3 is 1.94 bits per heavy atom. The Bertz CT molecular complexity index is 1800. The number of fused-ring (bicyclic) bond motifs is 4. The molecule has 0 radical (unpaired) electrons. The lowest BCUT2D eigenvalue weighted by molar-refractivity contribution is 0.366. The van der Waals surface area contributed by atoms with E-state index in [1.165, 1.54) is 48.6 Å². The van der Waals surface area contributed by atoms with E-state index >= 15 is 0 Å². The summed E-state index contributed by atoms with van der Waals surface area (Å²) in [5, 5.41) is 1.02. The minimum atomic E-state index is 0.119. The van der Waals surface area contributed by atoms with E-state index in [1.807, 2.05) is 0 Å². The number of nitrogen functional groups attached to an aromatic ring is 2. The number of nitrogens with zero attached hydrogens (tertiary/aromatic N) is 7. The van der Waals surface area contributed by atoms with Gasteiger partial charge in [0.05, 0.1) is 17.4 Å². The van der Waals surface area contributed by atoms with Gasteiger partial charge in [-0.2, -0.15) is 9.97 Å². The Morgan fingerprint density at radius 2 is 1.32 bits per heavy atom. The number of aryl methyl sites for hydroxylation is 1. The van der Waals surface area contributed by atoms with E-state index in [2.05, 4.69) is 117 Å². The number of halogens is 5. The molecular formula is C33H36Br2Cl3N9. The van der Waals surface area contributed by atoms with Gasteiger partial charge >= 0.3 is 0 Å². The largest absolute Gasteiger partial charge is 0.368 e. The second-order valence-electron chi connectivity index (χ2n) is 12.9. The molecule has 8 rings (SSSR count). The highest BCUT2D eigenvalue weighted by Gasteiger charge is 2.47. The third-order valence-electron chi connectivity index (χ3n) is 9.60. The van der Waals surface area contributed by atoms with E-state index in [-0.39, 0.29) is 22.5 Å². The van der Waals surface area contributed by atoms with Crippen LogP contribution >= 0.6 is 66.7 Å². The molecule has 0 saturated carbocycles. The van der Waals surface area contributed by atoms with Crippen LogP contribution in [0.3, 0.4) is 0 Å². The molecule has 47 heavy (non-hydrogen) atoms. The van der Waals surface area contributed by atoms with E-state index in [0.29, 0.717) is 21.3 Å². The molecule has 248 valence electrons. The number of anilines is 4. The second kappa shape index (κ2) is 13.9. The van der Waals surface area contributed by atoms with Crippen LogP contribution in [0.5, 0.6) is 0 Å². The SMILES string of the molecule is CN1CC[C@@]2(C1)CN(c1nc(N)ncc1Cl)c1cc(Br)ccc12.CN1CC[C@]2(CCc3cc(Br)ccc32)C1.Nc1ncc(Cl)c(Cl)n1. The van der Waals surface area contributed by atoms with Crippen molar-refractivity contribution in [2.24, 2.45) is 0 Å². The van der Waals surface area contributed by atoms with E-state index in [1.54, 1.807) is 17.3 Å². The third kappa shape index (κ3) is 7.22. The summed E-state index contributed by atoms with van der Waals surface area (Å²) in [4.78, 5) is 22.6. The lowest BCUT2D eigenvalue weighted by Crippen LogP contribution is -2.34. The number of benzene rings is 2. The van der Waals surface area contributed by atoms with Crippen molar-refractivity contribution in [1.82, 2.24) is 29.7 Å². The van der Waals surface area contributed by atoms with E-state index in [0.717, 1.165) is 36.2 Å². The Morgan fingerprint density at radius 1 is 0.723 bits per heavy atom. The molecule has 2 saturated heterocycles. The zero-order valence-corrected chi connectivity index (χ0v) is 31.6. The topological polar surface area (TPSA) is 113 Å². The molecule has 0 unspecified atom stereocenters. The maximum Gasteiger partial charge on any atom is 0.222 e.